The number of aromatic nitrogens is 5. The highest BCUT2D eigenvalue weighted by Crippen LogP contribution is 2.40. The van der Waals surface area contributed by atoms with Gasteiger partial charge in [0, 0.05) is 37.9 Å². The SMILES string of the molecule is [C-]#[N+]c1ccccc1-c1ccc(-c2nc(-c3ccccc3)nc(-c3cccc(Oc4ccc(-c5nc(-c6ccccc6)c6sc7ccccc7c6n5)cc4)c3)n2)cc1. The molecule has 0 aliphatic heterocycles. The quantitative estimate of drug-likeness (QED) is 0.143. The zero-order chi connectivity index (χ0) is 38.8. The lowest BCUT2D eigenvalue weighted by atomic mass is 10.0. The first-order valence-corrected chi connectivity index (χ1v) is 19.5. The second kappa shape index (κ2) is 15.0. The summed E-state index contributed by atoms with van der Waals surface area (Å²) >= 11 is 1.72. The lowest BCUT2D eigenvalue weighted by Gasteiger charge is -2.11. The molecular formula is C50H30N6OS. The summed E-state index contributed by atoms with van der Waals surface area (Å²) in [5.74, 6) is 3.61. The van der Waals surface area contributed by atoms with Gasteiger partial charge in [-0.25, -0.2) is 29.8 Å². The van der Waals surface area contributed by atoms with Crippen LogP contribution >= 0.6 is 11.3 Å². The van der Waals surface area contributed by atoms with E-state index in [4.69, 9.17) is 36.2 Å². The number of nitrogens with zero attached hydrogens (tertiary/aromatic N) is 6. The Morgan fingerprint density at radius 2 is 0.983 bits per heavy atom. The molecule has 0 unspecified atom stereocenters. The van der Waals surface area contributed by atoms with Crippen LogP contribution in [0, 0.1) is 6.57 Å². The summed E-state index contributed by atoms with van der Waals surface area (Å²) in [5.41, 5.74) is 8.79. The maximum absolute atomic E-state index is 7.59. The van der Waals surface area contributed by atoms with Gasteiger partial charge in [0.1, 0.15) is 11.5 Å². The van der Waals surface area contributed by atoms with Gasteiger partial charge in [-0.15, -0.1) is 11.3 Å². The largest absolute Gasteiger partial charge is 0.457 e. The molecule has 0 aliphatic carbocycles. The van der Waals surface area contributed by atoms with E-state index >= 15 is 0 Å². The van der Waals surface area contributed by atoms with E-state index in [-0.39, 0.29) is 0 Å². The molecule has 0 N–H and O–H groups in total. The van der Waals surface area contributed by atoms with Gasteiger partial charge < -0.3 is 4.74 Å². The fourth-order valence-electron chi connectivity index (χ4n) is 6.98. The van der Waals surface area contributed by atoms with E-state index in [1.165, 1.54) is 4.70 Å². The van der Waals surface area contributed by atoms with Crippen molar-refractivity contribution in [2.45, 2.75) is 0 Å². The Hall–Kier alpha value is -7.86. The van der Waals surface area contributed by atoms with Crippen molar-refractivity contribution in [1.82, 2.24) is 24.9 Å². The van der Waals surface area contributed by atoms with Crippen molar-refractivity contribution >= 4 is 37.3 Å². The molecule has 0 saturated heterocycles. The minimum Gasteiger partial charge on any atom is -0.457 e. The molecule has 0 atom stereocenters. The third-order valence-electron chi connectivity index (χ3n) is 9.85. The molecule has 7 nitrogen and oxygen atoms in total. The zero-order valence-corrected chi connectivity index (χ0v) is 31.6. The number of benzene rings is 7. The predicted octanol–water partition coefficient (Wildman–Crippen LogP) is 13.4. The Labute approximate surface area is 338 Å². The van der Waals surface area contributed by atoms with Gasteiger partial charge in [0.05, 0.1) is 22.5 Å². The highest BCUT2D eigenvalue weighted by Gasteiger charge is 2.17. The van der Waals surface area contributed by atoms with Gasteiger partial charge >= 0.3 is 0 Å². The van der Waals surface area contributed by atoms with Crippen LogP contribution in [0.2, 0.25) is 0 Å². The van der Waals surface area contributed by atoms with Gasteiger partial charge in [0.2, 0.25) is 0 Å². The van der Waals surface area contributed by atoms with Crippen molar-refractivity contribution in [3.05, 3.63) is 193 Å². The molecular weight excluding hydrogens is 733 g/mol. The van der Waals surface area contributed by atoms with Crippen LogP contribution in [0.25, 0.3) is 93.1 Å². The average Bonchev–Trinajstić information content (AvgIpc) is 3.68. The lowest BCUT2D eigenvalue weighted by molar-refractivity contribution is 0.483. The molecule has 10 aromatic rings. The summed E-state index contributed by atoms with van der Waals surface area (Å²) in [4.78, 5) is 28.7. The normalized spacial score (nSPS) is 11.1. The summed E-state index contributed by atoms with van der Waals surface area (Å²) in [6, 6.07) is 59.8. The van der Waals surface area contributed by atoms with E-state index in [1.807, 2.05) is 146 Å². The standard InChI is InChI=1S/C50H30N6OS/c1-51-42-21-10-8-19-40(42)32-23-25-35(26-24-32)49-54-48(34-15-6-3-7-16-34)55-50(56-49)37-17-12-18-39(31-37)57-38-29-27-36(28-30-38)47-52-44(33-13-4-2-5-14-33)46-45(53-47)41-20-9-11-22-43(41)58-46/h2-31H. The number of fused-ring (bicyclic) bond motifs is 3. The Balaban J connectivity index is 0.964. The van der Waals surface area contributed by atoms with Gasteiger partial charge in [-0.05, 0) is 53.6 Å². The first-order chi connectivity index (χ1) is 28.7. The van der Waals surface area contributed by atoms with Crippen molar-refractivity contribution in [2.24, 2.45) is 0 Å². The monoisotopic (exact) mass is 762 g/mol. The third-order valence-corrected chi connectivity index (χ3v) is 11.0. The van der Waals surface area contributed by atoms with E-state index in [2.05, 4.69) is 41.2 Å². The molecule has 0 aliphatic rings. The Morgan fingerprint density at radius 3 is 1.71 bits per heavy atom. The van der Waals surface area contributed by atoms with Gasteiger partial charge in [0.25, 0.3) is 0 Å². The topological polar surface area (TPSA) is 78.0 Å². The summed E-state index contributed by atoms with van der Waals surface area (Å²) in [7, 11) is 0. The number of rotatable bonds is 8. The molecule has 0 amide bonds. The van der Waals surface area contributed by atoms with E-state index < -0.39 is 0 Å². The number of ether oxygens (including phenoxy) is 1. The molecule has 10 rings (SSSR count). The van der Waals surface area contributed by atoms with E-state index in [9.17, 15) is 0 Å². The van der Waals surface area contributed by atoms with Crippen molar-refractivity contribution in [1.29, 1.82) is 0 Å². The second-order valence-corrected chi connectivity index (χ2v) is 14.6. The zero-order valence-electron chi connectivity index (χ0n) is 30.8. The summed E-state index contributed by atoms with van der Waals surface area (Å²) in [6.45, 7) is 7.59. The lowest BCUT2D eigenvalue weighted by Crippen LogP contribution is -2.00. The van der Waals surface area contributed by atoms with Crippen molar-refractivity contribution in [3.8, 4) is 79.4 Å². The molecule has 3 heterocycles. The minimum absolute atomic E-state index is 0.523. The summed E-state index contributed by atoms with van der Waals surface area (Å²) in [5, 5.41) is 1.13. The molecule has 8 heteroatoms. The first-order valence-electron chi connectivity index (χ1n) is 18.7. The van der Waals surface area contributed by atoms with Crippen molar-refractivity contribution < 1.29 is 4.74 Å². The van der Waals surface area contributed by atoms with Crippen LogP contribution in [0.4, 0.5) is 5.69 Å². The van der Waals surface area contributed by atoms with Crippen LogP contribution in [0.5, 0.6) is 11.5 Å². The Kier molecular flexibility index (Phi) is 8.95. The third kappa shape index (κ3) is 6.72. The molecule has 0 spiro atoms. The maximum Gasteiger partial charge on any atom is 0.194 e. The van der Waals surface area contributed by atoms with E-state index in [0.29, 0.717) is 40.5 Å². The van der Waals surface area contributed by atoms with Gasteiger partial charge in [-0.1, -0.05) is 140 Å². The van der Waals surface area contributed by atoms with Gasteiger partial charge in [0.15, 0.2) is 29.0 Å². The summed E-state index contributed by atoms with van der Waals surface area (Å²) in [6.07, 6.45) is 0. The van der Waals surface area contributed by atoms with Crippen LogP contribution in [0.3, 0.4) is 0 Å². The summed E-state index contributed by atoms with van der Waals surface area (Å²) < 4.78 is 8.68. The predicted molar refractivity (Wildman–Crippen MR) is 234 cm³/mol. The van der Waals surface area contributed by atoms with E-state index in [1.54, 1.807) is 11.3 Å². The van der Waals surface area contributed by atoms with E-state index in [0.717, 1.165) is 60.2 Å². The van der Waals surface area contributed by atoms with Gasteiger partial charge in [-0.3, -0.25) is 0 Å². The molecule has 0 bridgehead atoms. The average molecular weight is 763 g/mol. The fourth-order valence-corrected chi connectivity index (χ4v) is 8.14. The molecule has 58 heavy (non-hydrogen) atoms. The smallest absolute Gasteiger partial charge is 0.194 e. The first kappa shape index (κ1) is 34.6. The maximum atomic E-state index is 7.59. The number of hydrogen-bond donors (Lipinski definition) is 0. The number of thiophene rings is 1. The van der Waals surface area contributed by atoms with Crippen molar-refractivity contribution in [2.75, 3.05) is 0 Å². The highest BCUT2D eigenvalue weighted by molar-refractivity contribution is 7.26. The molecule has 0 radical (unpaired) electrons. The Morgan fingerprint density at radius 1 is 0.431 bits per heavy atom. The van der Waals surface area contributed by atoms with Crippen LogP contribution in [0.1, 0.15) is 0 Å². The van der Waals surface area contributed by atoms with Gasteiger partial charge in [-0.2, -0.15) is 0 Å². The molecule has 272 valence electrons. The Bertz CT molecular complexity index is 3140. The minimum atomic E-state index is 0.523. The fraction of sp³-hybridized carbons (Fsp3) is 0. The highest BCUT2D eigenvalue weighted by atomic mass is 32.1. The molecule has 0 fully saturated rings. The number of para-hydroxylation sites is 1. The molecule has 7 aromatic carbocycles. The van der Waals surface area contributed by atoms with Crippen LogP contribution in [0.15, 0.2) is 182 Å². The second-order valence-electron chi connectivity index (χ2n) is 13.6. The molecule has 0 saturated carbocycles. The van der Waals surface area contributed by atoms with Crippen molar-refractivity contribution in [3.63, 3.8) is 0 Å². The number of hydrogen-bond acceptors (Lipinski definition) is 7. The van der Waals surface area contributed by atoms with Crippen LogP contribution in [-0.2, 0) is 0 Å². The van der Waals surface area contributed by atoms with Crippen LogP contribution < -0.4 is 4.74 Å². The molecule has 3 aromatic heterocycles. The van der Waals surface area contributed by atoms with Crippen LogP contribution in [-0.4, -0.2) is 24.9 Å².